The number of para-hydroxylation sites is 1. The zero-order valence-corrected chi connectivity index (χ0v) is 16.2. The molecule has 1 aliphatic heterocycles. The van der Waals surface area contributed by atoms with Gasteiger partial charge in [0.05, 0.1) is 30.0 Å². The fourth-order valence-corrected chi connectivity index (χ4v) is 3.27. The molecule has 30 heavy (non-hydrogen) atoms. The van der Waals surface area contributed by atoms with Crippen LogP contribution in [0.15, 0.2) is 48.5 Å². The smallest absolute Gasteiger partial charge is 0.379 e. The first-order chi connectivity index (χ1) is 14.3. The largest absolute Gasteiger partial charge is 0.416 e. The maximum atomic E-state index is 13.2. The van der Waals surface area contributed by atoms with Crippen molar-refractivity contribution in [2.75, 3.05) is 44.3 Å². The number of hydrogen-bond donors (Lipinski definition) is 1. The van der Waals surface area contributed by atoms with Crippen molar-refractivity contribution in [1.29, 1.82) is 0 Å². The van der Waals surface area contributed by atoms with E-state index in [4.69, 9.17) is 10.5 Å². The lowest BCUT2D eigenvalue weighted by Gasteiger charge is -2.31. The highest BCUT2D eigenvalue weighted by atomic mass is 19.4. The number of carbonyl (C=O) groups is 2. The second-order valence-corrected chi connectivity index (χ2v) is 6.87. The van der Waals surface area contributed by atoms with Crippen molar-refractivity contribution in [2.45, 2.75) is 6.18 Å². The van der Waals surface area contributed by atoms with E-state index in [9.17, 15) is 22.8 Å². The number of halogens is 3. The van der Waals surface area contributed by atoms with Gasteiger partial charge >= 0.3 is 6.18 Å². The molecule has 0 saturated carbocycles. The Morgan fingerprint density at radius 3 is 2.27 bits per heavy atom. The number of hydrogen-bond acceptors (Lipinski definition) is 4. The number of benzene rings is 2. The molecular weight excluding hydrogens is 399 g/mol. The molecule has 6 nitrogen and oxygen atoms in total. The van der Waals surface area contributed by atoms with Crippen molar-refractivity contribution in [1.82, 2.24) is 4.90 Å². The van der Waals surface area contributed by atoms with Crippen LogP contribution in [0.3, 0.4) is 0 Å². The standard InChI is InChI=1S/C21H22F3N3O3/c22-21(23,24)16-7-5-15(6-8-16)20(29)27(10-9-26-11-13-30-14-12-26)18-4-2-1-3-17(18)19(25)28/h1-8H,9-14H2,(H2,25,28). The number of anilines is 1. The number of ether oxygens (including phenoxy) is 1. The molecule has 160 valence electrons. The first-order valence-corrected chi connectivity index (χ1v) is 9.45. The van der Waals surface area contributed by atoms with Gasteiger partial charge in [0.25, 0.3) is 11.8 Å². The third-order valence-corrected chi connectivity index (χ3v) is 4.91. The summed E-state index contributed by atoms with van der Waals surface area (Å²) in [5.74, 6) is -1.20. The van der Waals surface area contributed by atoms with E-state index in [0.717, 1.165) is 24.3 Å². The van der Waals surface area contributed by atoms with Gasteiger partial charge in [0.15, 0.2) is 0 Å². The van der Waals surface area contributed by atoms with Crippen LogP contribution in [-0.4, -0.2) is 56.1 Å². The Morgan fingerprint density at radius 1 is 1.03 bits per heavy atom. The predicted molar refractivity (Wildman–Crippen MR) is 105 cm³/mol. The average Bonchev–Trinajstić information content (AvgIpc) is 2.74. The van der Waals surface area contributed by atoms with Crippen LogP contribution in [0.1, 0.15) is 26.3 Å². The van der Waals surface area contributed by atoms with Crippen molar-refractivity contribution in [3.8, 4) is 0 Å². The molecule has 0 radical (unpaired) electrons. The van der Waals surface area contributed by atoms with Crippen molar-refractivity contribution in [3.05, 3.63) is 65.2 Å². The zero-order valence-electron chi connectivity index (χ0n) is 16.2. The van der Waals surface area contributed by atoms with E-state index in [1.54, 1.807) is 18.2 Å². The normalized spacial score (nSPS) is 15.0. The number of nitrogens with zero attached hydrogens (tertiary/aromatic N) is 2. The van der Waals surface area contributed by atoms with E-state index >= 15 is 0 Å². The third-order valence-electron chi connectivity index (χ3n) is 4.91. The van der Waals surface area contributed by atoms with Gasteiger partial charge in [-0.3, -0.25) is 14.5 Å². The van der Waals surface area contributed by atoms with Crippen molar-refractivity contribution >= 4 is 17.5 Å². The molecule has 2 N–H and O–H groups in total. The Bertz CT molecular complexity index is 894. The molecule has 1 fully saturated rings. The summed E-state index contributed by atoms with van der Waals surface area (Å²) in [5.41, 5.74) is 5.21. The first-order valence-electron chi connectivity index (χ1n) is 9.45. The number of amides is 2. The molecule has 1 aliphatic rings. The first kappa shape index (κ1) is 21.8. The van der Waals surface area contributed by atoms with Gasteiger partial charge in [0.2, 0.25) is 0 Å². The molecule has 9 heteroatoms. The van der Waals surface area contributed by atoms with E-state index in [1.165, 1.54) is 11.0 Å². The number of nitrogens with two attached hydrogens (primary N) is 1. The summed E-state index contributed by atoms with van der Waals surface area (Å²) in [6.07, 6.45) is -4.49. The van der Waals surface area contributed by atoms with Crippen LogP contribution in [0.2, 0.25) is 0 Å². The molecule has 1 heterocycles. The van der Waals surface area contributed by atoms with Gasteiger partial charge < -0.3 is 15.4 Å². The number of morpholine rings is 1. The van der Waals surface area contributed by atoms with Crippen LogP contribution in [0.5, 0.6) is 0 Å². The number of carbonyl (C=O) groups excluding carboxylic acids is 2. The molecule has 3 rings (SSSR count). The predicted octanol–water partition coefficient (Wildman–Crippen LogP) is 2.78. The van der Waals surface area contributed by atoms with Gasteiger partial charge in [-0.25, -0.2) is 0 Å². The zero-order chi connectivity index (χ0) is 21.7. The lowest BCUT2D eigenvalue weighted by molar-refractivity contribution is -0.137. The number of rotatable bonds is 6. The molecule has 0 unspecified atom stereocenters. The molecule has 0 atom stereocenters. The Kier molecular flexibility index (Phi) is 6.73. The fourth-order valence-electron chi connectivity index (χ4n) is 3.27. The van der Waals surface area contributed by atoms with Crippen molar-refractivity contribution in [3.63, 3.8) is 0 Å². The molecule has 0 aliphatic carbocycles. The average molecular weight is 421 g/mol. The topological polar surface area (TPSA) is 75.9 Å². The second kappa shape index (κ2) is 9.27. The van der Waals surface area contributed by atoms with E-state index in [0.29, 0.717) is 38.5 Å². The van der Waals surface area contributed by atoms with Gasteiger partial charge in [0, 0.05) is 31.7 Å². The molecule has 2 amide bonds. The van der Waals surface area contributed by atoms with Crippen LogP contribution in [0, 0.1) is 0 Å². The molecule has 0 bridgehead atoms. The highest BCUT2D eigenvalue weighted by Gasteiger charge is 2.31. The lowest BCUT2D eigenvalue weighted by Crippen LogP contribution is -2.43. The minimum absolute atomic E-state index is 0.0873. The molecule has 1 saturated heterocycles. The van der Waals surface area contributed by atoms with Gasteiger partial charge in [0.1, 0.15) is 0 Å². The van der Waals surface area contributed by atoms with Crippen molar-refractivity contribution < 1.29 is 27.5 Å². The third kappa shape index (κ3) is 5.17. The molecule has 2 aromatic carbocycles. The maximum Gasteiger partial charge on any atom is 0.416 e. The minimum Gasteiger partial charge on any atom is -0.379 e. The summed E-state index contributed by atoms with van der Waals surface area (Å²) < 4.78 is 43.9. The van der Waals surface area contributed by atoms with Crippen LogP contribution in [0.4, 0.5) is 18.9 Å². The van der Waals surface area contributed by atoms with Gasteiger partial charge in [-0.2, -0.15) is 13.2 Å². The SMILES string of the molecule is NC(=O)c1ccccc1N(CCN1CCOCC1)C(=O)c1ccc(C(F)(F)F)cc1. The quantitative estimate of drug-likeness (QED) is 0.778. The van der Waals surface area contributed by atoms with E-state index in [-0.39, 0.29) is 17.7 Å². The second-order valence-electron chi connectivity index (χ2n) is 6.87. The minimum atomic E-state index is -4.49. The van der Waals surface area contributed by atoms with Crippen LogP contribution in [0.25, 0.3) is 0 Å². The van der Waals surface area contributed by atoms with Gasteiger partial charge in [-0.15, -0.1) is 0 Å². The van der Waals surface area contributed by atoms with Crippen LogP contribution < -0.4 is 10.6 Å². The summed E-state index contributed by atoms with van der Waals surface area (Å²) >= 11 is 0. The Hall–Kier alpha value is -2.91. The Labute approximate surface area is 172 Å². The maximum absolute atomic E-state index is 13.2. The molecule has 2 aromatic rings. The monoisotopic (exact) mass is 421 g/mol. The highest BCUT2D eigenvalue weighted by molar-refractivity contribution is 6.10. The number of alkyl halides is 3. The van der Waals surface area contributed by atoms with E-state index < -0.39 is 23.6 Å². The number of primary amides is 1. The lowest BCUT2D eigenvalue weighted by atomic mass is 10.1. The van der Waals surface area contributed by atoms with Crippen LogP contribution in [-0.2, 0) is 10.9 Å². The van der Waals surface area contributed by atoms with Gasteiger partial charge in [-0.05, 0) is 36.4 Å². The molecule has 0 spiro atoms. The summed E-state index contributed by atoms with van der Waals surface area (Å²) in [6.45, 7) is 3.35. The molecular formula is C21H22F3N3O3. The summed E-state index contributed by atoms with van der Waals surface area (Å²) in [5, 5.41) is 0. The summed E-state index contributed by atoms with van der Waals surface area (Å²) in [6, 6.07) is 10.4. The summed E-state index contributed by atoms with van der Waals surface area (Å²) in [4.78, 5) is 28.6. The Morgan fingerprint density at radius 2 is 1.67 bits per heavy atom. The van der Waals surface area contributed by atoms with Crippen LogP contribution >= 0.6 is 0 Å². The van der Waals surface area contributed by atoms with Crippen molar-refractivity contribution in [2.24, 2.45) is 5.73 Å². The highest BCUT2D eigenvalue weighted by Crippen LogP contribution is 2.30. The molecule has 0 aromatic heterocycles. The summed E-state index contributed by atoms with van der Waals surface area (Å²) in [7, 11) is 0. The van der Waals surface area contributed by atoms with Gasteiger partial charge in [-0.1, -0.05) is 12.1 Å². The van der Waals surface area contributed by atoms with E-state index in [2.05, 4.69) is 4.90 Å². The van der Waals surface area contributed by atoms with E-state index in [1.807, 2.05) is 0 Å². The fraction of sp³-hybridized carbons (Fsp3) is 0.333. The Balaban J connectivity index is 1.90.